The van der Waals surface area contributed by atoms with Crippen molar-refractivity contribution in [3.63, 3.8) is 0 Å². The van der Waals surface area contributed by atoms with Crippen molar-refractivity contribution in [2.45, 2.75) is 56.5 Å². The fourth-order valence-corrected chi connectivity index (χ4v) is 6.00. The van der Waals surface area contributed by atoms with Gasteiger partial charge in [0, 0.05) is 42.5 Å². The summed E-state index contributed by atoms with van der Waals surface area (Å²) in [5, 5.41) is 14.1. The van der Waals surface area contributed by atoms with Gasteiger partial charge in [-0.05, 0) is 49.9 Å². The van der Waals surface area contributed by atoms with E-state index in [0.717, 1.165) is 31.4 Å². The Balaban J connectivity index is 1.30. The van der Waals surface area contributed by atoms with Crippen molar-refractivity contribution < 1.29 is 19.3 Å². The van der Waals surface area contributed by atoms with Gasteiger partial charge in [-0.1, -0.05) is 37.5 Å². The molecule has 200 valence electrons. The molecule has 1 N–H and O–H groups in total. The lowest BCUT2D eigenvalue weighted by Crippen LogP contribution is -2.57. The number of likely N-dealkylation sites (tertiary alicyclic amines) is 1. The SMILES string of the molecule is O=C(CN1CN(c2ccccc2)C2(CCN(C(=O)c3ccc([N+](=O)[O-])cc3)CC2)C1=O)NC1CCCCC1. The lowest BCUT2D eigenvalue weighted by Gasteiger charge is -2.43. The Morgan fingerprint density at radius 3 is 2.26 bits per heavy atom. The van der Waals surface area contributed by atoms with Crippen LogP contribution < -0.4 is 10.2 Å². The Kier molecular flexibility index (Phi) is 7.31. The van der Waals surface area contributed by atoms with Crippen LogP contribution in [0.15, 0.2) is 54.6 Å². The van der Waals surface area contributed by atoms with Crippen LogP contribution in [0, 0.1) is 10.1 Å². The smallest absolute Gasteiger partial charge is 0.269 e. The summed E-state index contributed by atoms with van der Waals surface area (Å²) in [4.78, 5) is 55.7. The molecule has 3 fully saturated rings. The molecule has 0 radical (unpaired) electrons. The van der Waals surface area contributed by atoms with Crippen LogP contribution in [0.2, 0.25) is 0 Å². The van der Waals surface area contributed by atoms with Gasteiger partial charge in [-0.2, -0.15) is 0 Å². The lowest BCUT2D eigenvalue weighted by molar-refractivity contribution is -0.384. The Hall–Kier alpha value is -3.95. The first-order chi connectivity index (χ1) is 18.4. The number of carbonyl (C=O) groups is 3. The molecule has 1 aliphatic carbocycles. The van der Waals surface area contributed by atoms with Crippen molar-refractivity contribution in [2.75, 3.05) is 31.2 Å². The molecule has 0 atom stereocenters. The number of para-hydroxylation sites is 1. The van der Waals surface area contributed by atoms with E-state index >= 15 is 0 Å². The van der Waals surface area contributed by atoms with E-state index in [0.29, 0.717) is 38.2 Å². The third kappa shape index (κ3) is 5.07. The number of nitro groups is 1. The fourth-order valence-electron chi connectivity index (χ4n) is 6.00. The van der Waals surface area contributed by atoms with E-state index < -0.39 is 10.5 Å². The van der Waals surface area contributed by atoms with Crippen molar-refractivity contribution in [3.05, 3.63) is 70.3 Å². The molecule has 2 heterocycles. The zero-order chi connectivity index (χ0) is 26.7. The summed E-state index contributed by atoms with van der Waals surface area (Å²) >= 11 is 0. The quantitative estimate of drug-likeness (QED) is 0.462. The minimum atomic E-state index is -0.835. The average Bonchev–Trinajstić information content (AvgIpc) is 3.20. The zero-order valence-electron chi connectivity index (χ0n) is 21.4. The van der Waals surface area contributed by atoms with Crippen LogP contribution in [-0.4, -0.2) is 70.3 Å². The van der Waals surface area contributed by atoms with E-state index in [1.54, 1.807) is 9.80 Å². The zero-order valence-corrected chi connectivity index (χ0v) is 21.4. The van der Waals surface area contributed by atoms with Crippen LogP contribution in [0.5, 0.6) is 0 Å². The summed E-state index contributed by atoms with van der Waals surface area (Å²) in [5.41, 5.74) is 0.386. The maximum Gasteiger partial charge on any atom is 0.269 e. The van der Waals surface area contributed by atoms with Crippen molar-refractivity contribution in [2.24, 2.45) is 0 Å². The van der Waals surface area contributed by atoms with Crippen molar-refractivity contribution in [1.82, 2.24) is 15.1 Å². The highest BCUT2D eigenvalue weighted by Gasteiger charge is 2.54. The number of non-ortho nitro benzene ring substituents is 1. The van der Waals surface area contributed by atoms with Crippen molar-refractivity contribution in [1.29, 1.82) is 0 Å². The number of rotatable bonds is 6. The molecule has 2 aromatic rings. The highest BCUT2D eigenvalue weighted by Crippen LogP contribution is 2.39. The van der Waals surface area contributed by atoms with Gasteiger partial charge >= 0.3 is 0 Å². The van der Waals surface area contributed by atoms with Crippen LogP contribution in [0.25, 0.3) is 0 Å². The molecule has 10 nitrogen and oxygen atoms in total. The van der Waals surface area contributed by atoms with E-state index in [1.807, 2.05) is 30.3 Å². The third-order valence-electron chi connectivity index (χ3n) is 8.09. The summed E-state index contributed by atoms with van der Waals surface area (Å²) in [6, 6.07) is 15.5. The van der Waals surface area contributed by atoms with E-state index in [1.165, 1.54) is 30.7 Å². The van der Waals surface area contributed by atoms with Crippen LogP contribution >= 0.6 is 0 Å². The predicted molar refractivity (Wildman–Crippen MR) is 141 cm³/mol. The van der Waals surface area contributed by atoms with Crippen LogP contribution in [-0.2, 0) is 9.59 Å². The van der Waals surface area contributed by atoms with E-state index in [4.69, 9.17) is 0 Å². The molecule has 0 unspecified atom stereocenters. The molecule has 0 aromatic heterocycles. The van der Waals surface area contributed by atoms with Gasteiger partial charge in [0.2, 0.25) is 5.91 Å². The van der Waals surface area contributed by atoms with Gasteiger partial charge in [-0.25, -0.2) is 0 Å². The monoisotopic (exact) mass is 519 g/mol. The maximum absolute atomic E-state index is 13.9. The minimum Gasteiger partial charge on any atom is -0.352 e. The molecule has 1 spiro atoms. The summed E-state index contributed by atoms with van der Waals surface area (Å²) in [7, 11) is 0. The van der Waals surface area contributed by atoms with Gasteiger partial charge in [0.25, 0.3) is 17.5 Å². The molecule has 5 rings (SSSR count). The van der Waals surface area contributed by atoms with Gasteiger partial charge < -0.3 is 20.0 Å². The van der Waals surface area contributed by atoms with Gasteiger partial charge in [-0.15, -0.1) is 0 Å². The number of nitrogens with zero attached hydrogens (tertiary/aromatic N) is 4. The minimum absolute atomic E-state index is 0.0197. The first-order valence-corrected chi connectivity index (χ1v) is 13.3. The number of hydrogen-bond donors (Lipinski definition) is 1. The normalized spacial score (nSPS) is 19.6. The largest absolute Gasteiger partial charge is 0.352 e. The summed E-state index contributed by atoms with van der Waals surface area (Å²) < 4.78 is 0. The van der Waals surface area contributed by atoms with Gasteiger partial charge in [0.15, 0.2) is 0 Å². The second-order valence-corrected chi connectivity index (χ2v) is 10.4. The number of nitro benzene ring substituents is 1. The predicted octanol–water partition coefficient (Wildman–Crippen LogP) is 3.32. The third-order valence-corrected chi connectivity index (χ3v) is 8.09. The van der Waals surface area contributed by atoms with Crippen LogP contribution in [0.3, 0.4) is 0 Å². The maximum atomic E-state index is 13.9. The second-order valence-electron chi connectivity index (χ2n) is 10.4. The fraction of sp³-hybridized carbons (Fsp3) is 0.464. The molecule has 38 heavy (non-hydrogen) atoms. The number of anilines is 1. The molecule has 2 aliphatic heterocycles. The van der Waals surface area contributed by atoms with Gasteiger partial charge in [0.1, 0.15) is 12.1 Å². The Bertz CT molecular complexity index is 1190. The molecule has 3 amide bonds. The van der Waals surface area contributed by atoms with E-state index in [2.05, 4.69) is 10.2 Å². The summed E-state index contributed by atoms with van der Waals surface area (Å²) in [6.45, 7) is 1.07. The van der Waals surface area contributed by atoms with Crippen molar-refractivity contribution >= 4 is 29.1 Å². The number of benzene rings is 2. The number of nitrogens with one attached hydrogen (secondary N) is 1. The molecular formula is C28H33N5O5. The number of amides is 3. The Morgan fingerprint density at radius 2 is 1.63 bits per heavy atom. The highest BCUT2D eigenvalue weighted by molar-refractivity contribution is 5.97. The first-order valence-electron chi connectivity index (χ1n) is 13.3. The van der Waals surface area contributed by atoms with Gasteiger partial charge in [-0.3, -0.25) is 24.5 Å². The number of piperidine rings is 1. The first kappa shape index (κ1) is 25.7. The molecule has 3 aliphatic rings. The number of hydrogen-bond acceptors (Lipinski definition) is 6. The molecular weight excluding hydrogens is 486 g/mol. The second kappa shape index (κ2) is 10.8. The molecule has 10 heteroatoms. The standard InChI is InChI=1S/C28H33N5O5/c34-25(29-22-7-3-1-4-8-22)19-31-20-32(23-9-5-2-6-10-23)28(27(31)36)15-17-30(18-16-28)26(35)21-11-13-24(14-12-21)33(37)38/h2,5-6,9-14,22H,1,3-4,7-8,15-20H2,(H,29,34). The molecule has 2 aromatic carbocycles. The average molecular weight is 520 g/mol. The number of carbonyl (C=O) groups excluding carboxylic acids is 3. The lowest BCUT2D eigenvalue weighted by atomic mass is 9.85. The Morgan fingerprint density at radius 1 is 0.974 bits per heavy atom. The molecule has 1 saturated carbocycles. The molecule has 2 saturated heterocycles. The summed E-state index contributed by atoms with van der Waals surface area (Å²) in [6.07, 6.45) is 6.27. The van der Waals surface area contributed by atoms with Gasteiger partial charge in [0.05, 0.1) is 11.6 Å². The van der Waals surface area contributed by atoms with Crippen LogP contribution in [0.1, 0.15) is 55.3 Å². The highest BCUT2D eigenvalue weighted by atomic mass is 16.6. The summed E-state index contributed by atoms with van der Waals surface area (Å²) in [5.74, 6) is -0.418. The van der Waals surface area contributed by atoms with Crippen molar-refractivity contribution in [3.8, 4) is 0 Å². The topological polar surface area (TPSA) is 116 Å². The van der Waals surface area contributed by atoms with E-state index in [-0.39, 0.29) is 36.0 Å². The van der Waals surface area contributed by atoms with Crippen LogP contribution in [0.4, 0.5) is 11.4 Å². The Labute approximate surface area is 221 Å². The van der Waals surface area contributed by atoms with E-state index in [9.17, 15) is 24.5 Å². The molecule has 0 bridgehead atoms.